The molecule has 0 N–H and O–H groups in total. The second-order valence-electron chi connectivity index (χ2n) is 2.13. The van der Waals surface area contributed by atoms with Crippen molar-refractivity contribution in [1.29, 1.82) is 0 Å². The van der Waals surface area contributed by atoms with E-state index in [1.54, 1.807) is 4.90 Å². The topological polar surface area (TPSA) is 59.3 Å². The SMILES string of the molecule is CN(C)c1cnc([N+](=O)[O-])s1. The highest BCUT2D eigenvalue weighted by atomic mass is 32.1. The standard InChI is InChI=1S/C5H7N3O2S/c1-7(2)4-3-6-5(11-4)8(9)10/h3H,1-2H3. The van der Waals surface area contributed by atoms with Gasteiger partial charge in [0, 0.05) is 14.1 Å². The van der Waals surface area contributed by atoms with Crippen molar-refractivity contribution in [3.05, 3.63) is 16.3 Å². The zero-order valence-corrected chi connectivity index (χ0v) is 6.96. The van der Waals surface area contributed by atoms with E-state index in [0.29, 0.717) is 0 Å². The fourth-order valence-corrected chi connectivity index (χ4v) is 1.20. The van der Waals surface area contributed by atoms with E-state index < -0.39 is 4.92 Å². The van der Waals surface area contributed by atoms with Crippen LogP contribution in [0.4, 0.5) is 10.1 Å². The van der Waals surface area contributed by atoms with Crippen molar-refractivity contribution < 1.29 is 4.92 Å². The molecular formula is C5H7N3O2S. The van der Waals surface area contributed by atoms with Gasteiger partial charge in [-0.3, -0.25) is 0 Å². The third kappa shape index (κ3) is 1.64. The highest BCUT2D eigenvalue weighted by Crippen LogP contribution is 2.26. The van der Waals surface area contributed by atoms with E-state index in [1.165, 1.54) is 6.20 Å². The second kappa shape index (κ2) is 2.83. The van der Waals surface area contributed by atoms with Gasteiger partial charge in [-0.1, -0.05) is 0 Å². The Kier molecular flexibility index (Phi) is 2.04. The zero-order chi connectivity index (χ0) is 8.43. The molecule has 0 fully saturated rings. The molecule has 1 rings (SSSR count). The molecule has 1 heterocycles. The molecule has 5 nitrogen and oxygen atoms in total. The summed E-state index contributed by atoms with van der Waals surface area (Å²) in [6.07, 6.45) is 1.49. The smallest absolute Gasteiger partial charge is 0.366 e. The maximum atomic E-state index is 10.2. The van der Waals surface area contributed by atoms with Crippen molar-refractivity contribution in [2.75, 3.05) is 19.0 Å². The van der Waals surface area contributed by atoms with Crippen LogP contribution in [0.5, 0.6) is 0 Å². The van der Waals surface area contributed by atoms with Gasteiger partial charge in [0.2, 0.25) is 0 Å². The molecule has 0 radical (unpaired) electrons. The summed E-state index contributed by atoms with van der Waals surface area (Å²) in [5.41, 5.74) is 0. The van der Waals surface area contributed by atoms with Crippen LogP contribution in [0.15, 0.2) is 6.20 Å². The minimum Gasteiger partial charge on any atom is -0.366 e. The lowest BCUT2D eigenvalue weighted by Gasteiger charge is -2.03. The summed E-state index contributed by atoms with van der Waals surface area (Å²) in [6.45, 7) is 0. The van der Waals surface area contributed by atoms with E-state index >= 15 is 0 Å². The number of rotatable bonds is 2. The number of hydrogen-bond acceptors (Lipinski definition) is 5. The van der Waals surface area contributed by atoms with Gasteiger partial charge in [-0.15, -0.1) is 0 Å². The molecule has 0 unspecified atom stereocenters. The van der Waals surface area contributed by atoms with E-state index in [0.717, 1.165) is 16.3 Å². The second-order valence-corrected chi connectivity index (χ2v) is 3.12. The van der Waals surface area contributed by atoms with E-state index in [9.17, 15) is 10.1 Å². The number of nitrogens with zero attached hydrogens (tertiary/aromatic N) is 3. The molecule has 0 spiro atoms. The molecule has 0 aliphatic carbocycles. The van der Waals surface area contributed by atoms with E-state index in [2.05, 4.69) is 4.98 Å². The predicted molar refractivity (Wildman–Crippen MR) is 43.1 cm³/mol. The van der Waals surface area contributed by atoms with E-state index in [-0.39, 0.29) is 5.13 Å². The zero-order valence-electron chi connectivity index (χ0n) is 6.14. The molecule has 0 aromatic carbocycles. The number of hydrogen-bond donors (Lipinski definition) is 0. The van der Waals surface area contributed by atoms with Gasteiger partial charge < -0.3 is 15.0 Å². The van der Waals surface area contributed by atoms with Crippen molar-refractivity contribution in [3.63, 3.8) is 0 Å². The normalized spacial score (nSPS) is 9.64. The molecule has 0 atom stereocenters. The maximum absolute atomic E-state index is 10.2. The first-order chi connectivity index (χ1) is 5.11. The Morgan fingerprint density at radius 2 is 2.36 bits per heavy atom. The largest absolute Gasteiger partial charge is 0.425 e. The number of anilines is 1. The molecule has 0 saturated heterocycles. The average molecular weight is 173 g/mol. The molecule has 0 aliphatic rings. The first kappa shape index (κ1) is 7.93. The van der Waals surface area contributed by atoms with Gasteiger partial charge in [-0.25, -0.2) is 0 Å². The molecule has 0 bridgehead atoms. The molecule has 0 amide bonds. The minimum atomic E-state index is -0.488. The molecular weight excluding hydrogens is 166 g/mol. The van der Waals surface area contributed by atoms with Crippen LogP contribution in [0.3, 0.4) is 0 Å². The highest BCUT2D eigenvalue weighted by Gasteiger charge is 2.12. The van der Waals surface area contributed by atoms with Crippen LogP contribution >= 0.6 is 11.3 Å². The van der Waals surface area contributed by atoms with Gasteiger partial charge in [-0.05, 0) is 21.2 Å². The summed E-state index contributed by atoms with van der Waals surface area (Å²) in [5, 5.41) is 10.9. The minimum absolute atomic E-state index is 0.0614. The highest BCUT2D eigenvalue weighted by molar-refractivity contribution is 7.18. The van der Waals surface area contributed by atoms with Gasteiger partial charge in [0.05, 0.1) is 0 Å². The maximum Gasteiger partial charge on any atom is 0.425 e. The van der Waals surface area contributed by atoms with Gasteiger partial charge in [-0.2, -0.15) is 0 Å². The van der Waals surface area contributed by atoms with Crippen LogP contribution in [-0.4, -0.2) is 24.0 Å². The van der Waals surface area contributed by atoms with Crippen molar-refractivity contribution in [3.8, 4) is 0 Å². The van der Waals surface area contributed by atoms with Crippen LogP contribution in [0.1, 0.15) is 0 Å². The van der Waals surface area contributed by atoms with Crippen molar-refractivity contribution in [2.24, 2.45) is 0 Å². The average Bonchev–Trinajstić information content (AvgIpc) is 2.33. The van der Waals surface area contributed by atoms with Crippen LogP contribution in [0, 0.1) is 10.1 Å². The van der Waals surface area contributed by atoms with Crippen LogP contribution in [0.2, 0.25) is 0 Å². The Hall–Kier alpha value is -1.17. The fourth-order valence-electron chi connectivity index (χ4n) is 0.548. The molecule has 6 heteroatoms. The van der Waals surface area contributed by atoms with Crippen molar-refractivity contribution in [2.45, 2.75) is 0 Å². The van der Waals surface area contributed by atoms with Crippen LogP contribution < -0.4 is 4.90 Å². The Morgan fingerprint density at radius 1 is 1.73 bits per heavy atom. The lowest BCUT2D eigenvalue weighted by molar-refractivity contribution is -0.384. The van der Waals surface area contributed by atoms with Gasteiger partial charge in [0.25, 0.3) is 0 Å². The fraction of sp³-hybridized carbons (Fsp3) is 0.400. The molecule has 0 aliphatic heterocycles. The van der Waals surface area contributed by atoms with Gasteiger partial charge in [0.15, 0.2) is 6.20 Å². The Bertz CT molecular complexity index is 270. The number of thiazole rings is 1. The van der Waals surface area contributed by atoms with Gasteiger partial charge in [0.1, 0.15) is 5.00 Å². The Balaban J connectivity index is 2.90. The predicted octanol–water partition coefficient (Wildman–Crippen LogP) is 1.12. The summed E-state index contributed by atoms with van der Waals surface area (Å²) in [5.74, 6) is 0. The Morgan fingerprint density at radius 3 is 2.64 bits per heavy atom. The van der Waals surface area contributed by atoms with Crippen molar-refractivity contribution in [1.82, 2.24) is 4.98 Å². The third-order valence-corrected chi connectivity index (χ3v) is 2.19. The van der Waals surface area contributed by atoms with Crippen LogP contribution in [-0.2, 0) is 0 Å². The summed E-state index contributed by atoms with van der Waals surface area (Å²) in [7, 11) is 3.63. The quantitative estimate of drug-likeness (QED) is 0.496. The first-order valence-electron chi connectivity index (χ1n) is 2.89. The Labute approximate surface area is 67.4 Å². The summed E-state index contributed by atoms with van der Waals surface area (Å²) >= 11 is 1.06. The summed E-state index contributed by atoms with van der Waals surface area (Å²) in [4.78, 5) is 15.1. The molecule has 11 heavy (non-hydrogen) atoms. The molecule has 60 valence electrons. The number of nitro groups is 1. The lowest BCUT2D eigenvalue weighted by atomic mass is 10.7. The summed E-state index contributed by atoms with van der Waals surface area (Å²) in [6, 6.07) is 0. The molecule has 1 aromatic heterocycles. The summed E-state index contributed by atoms with van der Waals surface area (Å²) < 4.78 is 0. The first-order valence-corrected chi connectivity index (χ1v) is 3.70. The van der Waals surface area contributed by atoms with E-state index in [4.69, 9.17) is 0 Å². The monoisotopic (exact) mass is 173 g/mol. The number of aromatic nitrogens is 1. The lowest BCUT2D eigenvalue weighted by Crippen LogP contribution is -2.05. The molecule has 0 saturated carbocycles. The molecule has 1 aromatic rings. The van der Waals surface area contributed by atoms with Gasteiger partial charge >= 0.3 is 5.13 Å². The van der Waals surface area contributed by atoms with Crippen LogP contribution in [0.25, 0.3) is 0 Å². The van der Waals surface area contributed by atoms with E-state index in [1.807, 2.05) is 14.1 Å². The van der Waals surface area contributed by atoms with Crippen molar-refractivity contribution >= 4 is 21.5 Å². The third-order valence-electron chi connectivity index (χ3n) is 1.08.